The van der Waals surface area contributed by atoms with Crippen LogP contribution in [0.1, 0.15) is 49.5 Å². The third-order valence-electron chi connectivity index (χ3n) is 6.99. The number of fused-ring (bicyclic) bond motifs is 2. The molecular weight excluding hydrogens is 394 g/mol. The monoisotopic (exact) mass is 422 g/mol. The molecule has 0 radical (unpaired) electrons. The lowest BCUT2D eigenvalue weighted by atomic mass is 9.89. The molecule has 0 spiro atoms. The summed E-state index contributed by atoms with van der Waals surface area (Å²) in [7, 11) is 2.15. The van der Waals surface area contributed by atoms with E-state index in [0.717, 1.165) is 34.1 Å². The number of rotatable bonds is 3. The van der Waals surface area contributed by atoms with Gasteiger partial charge in [-0.1, -0.05) is 55.7 Å². The van der Waals surface area contributed by atoms with Gasteiger partial charge >= 0.3 is 0 Å². The van der Waals surface area contributed by atoms with E-state index in [-0.39, 0.29) is 0 Å². The summed E-state index contributed by atoms with van der Waals surface area (Å²) >= 11 is 0. The van der Waals surface area contributed by atoms with Crippen molar-refractivity contribution in [2.75, 3.05) is 0 Å². The number of imidazole rings is 1. The Morgan fingerprint density at radius 2 is 1.66 bits per heavy atom. The van der Waals surface area contributed by atoms with Gasteiger partial charge in [0.2, 0.25) is 0 Å². The molecule has 6 rings (SSSR count). The van der Waals surface area contributed by atoms with E-state index in [2.05, 4.69) is 89.8 Å². The molecule has 160 valence electrons. The molecule has 3 aromatic carbocycles. The number of nitrogens with zero attached hydrogens (tertiary/aromatic N) is 3. The van der Waals surface area contributed by atoms with Crippen molar-refractivity contribution in [2.24, 2.45) is 7.05 Å². The molecule has 1 fully saturated rings. The van der Waals surface area contributed by atoms with Crippen LogP contribution in [0.25, 0.3) is 39.2 Å². The predicted molar refractivity (Wildman–Crippen MR) is 128 cm³/mol. The predicted octanol–water partition coefficient (Wildman–Crippen LogP) is 6.62. The quantitative estimate of drug-likeness (QED) is 0.306. The third-order valence-corrected chi connectivity index (χ3v) is 6.99. The van der Waals surface area contributed by atoms with Crippen LogP contribution >= 0.6 is 0 Å². The summed E-state index contributed by atoms with van der Waals surface area (Å²) in [5.41, 5.74) is 7.73. The Hall–Kier alpha value is -3.40. The minimum Gasteiger partial charge on any atom is -0.440 e. The maximum Gasteiger partial charge on any atom is 0.297 e. The molecule has 0 amide bonds. The molecule has 1 saturated carbocycles. The first-order valence-corrected chi connectivity index (χ1v) is 11.7. The van der Waals surface area contributed by atoms with Crippen LogP contribution in [0.15, 0.2) is 71.1 Å². The first-order valence-electron chi connectivity index (χ1n) is 11.7. The minimum absolute atomic E-state index is 0.443. The molecule has 0 bridgehead atoms. The van der Waals surface area contributed by atoms with Crippen molar-refractivity contribution in [3.8, 4) is 17.1 Å². The molecule has 5 aromatic rings. The highest BCUT2D eigenvalue weighted by Gasteiger charge is 2.30. The summed E-state index contributed by atoms with van der Waals surface area (Å²) < 4.78 is 11.0. The SMILES string of the molecule is Cc1ccc2oc(C3CCCCC3)nc2c1-c1n(-c2ccccc2)c2ccccc2[n+]1C. The number of hydrogen-bond acceptors (Lipinski definition) is 2. The number of oxazole rings is 1. The van der Waals surface area contributed by atoms with Crippen molar-refractivity contribution < 1.29 is 8.98 Å². The molecule has 2 heterocycles. The van der Waals surface area contributed by atoms with Gasteiger partial charge in [-0.3, -0.25) is 0 Å². The van der Waals surface area contributed by atoms with Crippen LogP contribution in [0.2, 0.25) is 0 Å². The normalized spacial score (nSPS) is 15.1. The molecule has 1 aliphatic carbocycles. The molecule has 0 aliphatic heterocycles. The van der Waals surface area contributed by atoms with Gasteiger partial charge in [-0.25, -0.2) is 9.55 Å². The van der Waals surface area contributed by atoms with Crippen molar-refractivity contribution >= 4 is 22.1 Å². The molecule has 4 nitrogen and oxygen atoms in total. The summed E-state index contributed by atoms with van der Waals surface area (Å²) in [5, 5.41) is 0. The summed E-state index contributed by atoms with van der Waals surface area (Å²) in [6.07, 6.45) is 6.23. The smallest absolute Gasteiger partial charge is 0.297 e. The van der Waals surface area contributed by atoms with Gasteiger partial charge in [-0.2, -0.15) is 4.57 Å². The van der Waals surface area contributed by atoms with Crippen LogP contribution < -0.4 is 4.57 Å². The Balaban J connectivity index is 1.66. The van der Waals surface area contributed by atoms with Gasteiger partial charge in [-0.05, 0) is 55.7 Å². The summed E-state index contributed by atoms with van der Waals surface area (Å²) in [4.78, 5) is 5.13. The molecule has 0 N–H and O–H groups in total. The summed E-state index contributed by atoms with van der Waals surface area (Å²) in [5.74, 6) is 2.48. The highest BCUT2D eigenvalue weighted by atomic mass is 16.3. The number of hydrogen-bond donors (Lipinski definition) is 0. The van der Waals surface area contributed by atoms with Crippen LogP contribution in [0, 0.1) is 6.92 Å². The average molecular weight is 423 g/mol. The Labute approximate surface area is 188 Å². The van der Waals surface area contributed by atoms with Crippen molar-refractivity contribution in [1.29, 1.82) is 0 Å². The van der Waals surface area contributed by atoms with Gasteiger partial charge in [0.15, 0.2) is 22.5 Å². The van der Waals surface area contributed by atoms with Crippen LogP contribution in [0.4, 0.5) is 0 Å². The lowest BCUT2D eigenvalue weighted by Crippen LogP contribution is -2.30. The molecule has 1 aliphatic rings. The maximum atomic E-state index is 6.35. The molecule has 32 heavy (non-hydrogen) atoms. The lowest BCUT2D eigenvalue weighted by Gasteiger charge is -2.17. The maximum absolute atomic E-state index is 6.35. The summed E-state index contributed by atoms with van der Waals surface area (Å²) in [6, 6.07) is 23.4. The molecular formula is C28H28N3O+. The fourth-order valence-electron chi connectivity index (χ4n) is 5.35. The second kappa shape index (κ2) is 7.63. The third kappa shape index (κ3) is 2.97. The number of aryl methyl sites for hydroxylation is 2. The highest BCUT2D eigenvalue weighted by molar-refractivity contribution is 5.92. The van der Waals surface area contributed by atoms with Gasteiger partial charge in [-0.15, -0.1) is 0 Å². The lowest BCUT2D eigenvalue weighted by molar-refractivity contribution is -0.633. The average Bonchev–Trinajstić information content (AvgIpc) is 3.40. The zero-order valence-corrected chi connectivity index (χ0v) is 18.7. The topological polar surface area (TPSA) is 34.8 Å². The van der Waals surface area contributed by atoms with E-state index in [4.69, 9.17) is 9.40 Å². The Morgan fingerprint density at radius 3 is 2.47 bits per heavy atom. The summed E-state index contributed by atoms with van der Waals surface area (Å²) in [6.45, 7) is 2.18. The molecule has 0 atom stereocenters. The van der Waals surface area contributed by atoms with E-state index >= 15 is 0 Å². The Bertz CT molecular complexity index is 1420. The van der Waals surface area contributed by atoms with Crippen LogP contribution in [0.3, 0.4) is 0 Å². The van der Waals surface area contributed by atoms with Gasteiger partial charge in [0.25, 0.3) is 5.82 Å². The van der Waals surface area contributed by atoms with Crippen LogP contribution in [-0.2, 0) is 7.05 Å². The zero-order valence-electron chi connectivity index (χ0n) is 18.7. The second-order valence-corrected chi connectivity index (χ2v) is 9.03. The van der Waals surface area contributed by atoms with Crippen molar-refractivity contribution in [2.45, 2.75) is 44.9 Å². The van der Waals surface area contributed by atoms with Gasteiger partial charge in [0.05, 0.1) is 12.6 Å². The van der Waals surface area contributed by atoms with Gasteiger partial charge in [0, 0.05) is 5.92 Å². The van der Waals surface area contributed by atoms with E-state index in [0.29, 0.717) is 5.92 Å². The number of para-hydroxylation sites is 3. The molecule has 4 heteroatoms. The molecule has 2 aromatic heterocycles. The number of aromatic nitrogens is 3. The Kier molecular flexibility index (Phi) is 4.60. The largest absolute Gasteiger partial charge is 0.440 e. The van der Waals surface area contributed by atoms with Gasteiger partial charge < -0.3 is 4.42 Å². The van der Waals surface area contributed by atoms with Gasteiger partial charge in [0.1, 0.15) is 11.2 Å². The fraction of sp³-hybridized carbons (Fsp3) is 0.286. The first-order chi connectivity index (χ1) is 15.7. The highest BCUT2D eigenvalue weighted by Crippen LogP contribution is 2.38. The zero-order chi connectivity index (χ0) is 21.7. The van der Waals surface area contributed by atoms with E-state index in [9.17, 15) is 0 Å². The van der Waals surface area contributed by atoms with Crippen LogP contribution in [-0.4, -0.2) is 9.55 Å². The molecule has 0 unspecified atom stereocenters. The van der Waals surface area contributed by atoms with Crippen molar-refractivity contribution in [3.63, 3.8) is 0 Å². The van der Waals surface area contributed by atoms with E-state index in [1.54, 1.807) is 0 Å². The van der Waals surface area contributed by atoms with E-state index in [1.165, 1.54) is 48.7 Å². The fourth-order valence-corrected chi connectivity index (χ4v) is 5.35. The van der Waals surface area contributed by atoms with Crippen LogP contribution in [0.5, 0.6) is 0 Å². The molecule has 0 saturated heterocycles. The van der Waals surface area contributed by atoms with E-state index in [1.807, 2.05) is 0 Å². The van der Waals surface area contributed by atoms with Crippen molar-refractivity contribution in [1.82, 2.24) is 9.55 Å². The second-order valence-electron chi connectivity index (χ2n) is 9.03. The minimum atomic E-state index is 0.443. The van der Waals surface area contributed by atoms with Crippen molar-refractivity contribution in [3.05, 3.63) is 78.2 Å². The Morgan fingerprint density at radius 1 is 0.906 bits per heavy atom. The first kappa shape index (κ1) is 19.3. The van der Waals surface area contributed by atoms with E-state index < -0.39 is 0 Å². The number of benzene rings is 3. The standard InChI is InChI=1S/C28H28N3O/c1-19-17-18-24-26(29-27(32-24)20-11-5-3-6-12-20)25(19)28-30(2)22-15-9-10-16-23(22)31(28)21-13-7-4-8-14-21/h4,7-10,13-18,20H,3,5-6,11-12H2,1-2H3/q+1.